The zero-order valence-corrected chi connectivity index (χ0v) is 13.9. The minimum atomic E-state index is 0.0540. The topological polar surface area (TPSA) is 35.5 Å². The maximum atomic E-state index is 11.3. The number of ketones is 1. The van der Waals surface area contributed by atoms with Crippen LogP contribution in [0.1, 0.15) is 28.4 Å². The Morgan fingerprint density at radius 3 is 2.48 bits per heavy atom. The number of rotatable bonds is 5. The molecule has 0 bridgehead atoms. The van der Waals surface area contributed by atoms with Crippen LogP contribution < -0.4 is 9.47 Å². The second-order valence-electron chi connectivity index (χ2n) is 4.78. The molecule has 0 N–H and O–H groups in total. The smallest absolute Gasteiger partial charge is 0.159 e. The summed E-state index contributed by atoms with van der Waals surface area (Å²) in [6.45, 7) is 3.89. The zero-order valence-electron chi connectivity index (χ0n) is 12.3. The highest BCUT2D eigenvalue weighted by molar-refractivity contribution is 9.10. The first-order valence-electron chi connectivity index (χ1n) is 6.58. The van der Waals surface area contributed by atoms with Gasteiger partial charge in [-0.2, -0.15) is 0 Å². The summed E-state index contributed by atoms with van der Waals surface area (Å²) in [6, 6.07) is 11.2. The first-order chi connectivity index (χ1) is 10.0. The van der Waals surface area contributed by atoms with E-state index in [0.29, 0.717) is 12.2 Å². The quantitative estimate of drug-likeness (QED) is 0.743. The monoisotopic (exact) mass is 348 g/mol. The van der Waals surface area contributed by atoms with Gasteiger partial charge in [0, 0.05) is 15.6 Å². The number of benzene rings is 2. The highest BCUT2D eigenvalue weighted by Crippen LogP contribution is 2.26. The van der Waals surface area contributed by atoms with E-state index >= 15 is 0 Å². The van der Waals surface area contributed by atoms with Gasteiger partial charge in [-0.3, -0.25) is 4.79 Å². The maximum Gasteiger partial charge on any atom is 0.159 e. The molecule has 0 aliphatic heterocycles. The van der Waals surface area contributed by atoms with Crippen LogP contribution in [0.3, 0.4) is 0 Å². The third-order valence-electron chi connectivity index (χ3n) is 3.21. The Kier molecular flexibility index (Phi) is 5.02. The van der Waals surface area contributed by atoms with Crippen molar-refractivity contribution in [3.63, 3.8) is 0 Å². The molecule has 2 aromatic rings. The molecule has 0 radical (unpaired) electrons. The van der Waals surface area contributed by atoms with Gasteiger partial charge in [0.05, 0.1) is 7.11 Å². The lowest BCUT2D eigenvalue weighted by atomic mass is 10.1. The number of hydrogen-bond donors (Lipinski definition) is 0. The lowest BCUT2D eigenvalue weighted by molar-refractivity contribution is 0.101. The Morgan fingerprint density at radius 2 is 1.86 bits per heavy atom. The SMILES string of the molecule is COc1ccc(Br)cc1COc1ccc(C(C)=O)cc1C. The fourth-order valence-corrected chi connectivity index (χ4v) is 2.45. The number of carbonyl (C=O) groups is 1. The lowest BCUT2D eigenvalue weighted by Crippen LogP contribution is -2.01. The number of methoxy groups -OCH3 is 1. The van der Waals surface area contributed by atoms with E-state index in [-0.39, 0.29) is 5.78 Å². The van der Waals surface area contributed by atoms with Crippen molar-refractivity contribution in [3.05, 3.63) is 57.6 Å². The van der Waals surface area contributed by atoms with Gasteiger partial charge in [0.2, 0.25) is 0 Å². The molecule has 0 fully saturated rings. The van der Waals surface area contributed by atoms with Crippen molar-refractivity contribution in [2.75, 3.05) is 7.11 Å². The van der Waals surface area contributed by atoms with Gasteiger partial charge in [0.25, 0.3) is 0 Å². The van der Waals surface area contributed by atoms with E-state index in [4.69, 9.17) is 9.47 Å². The van der Waals surface area contributed by atoms with Crippen molar-refractivity contribution in [1.82, 2.24) is 0 Å². The fourth-order valence-electron chi connectivity index (χ4n) is 2.05. The molecule has 0 unspecified atom stereocenters. The average Bonchev–Trinajstić information content (AvgIpc) is 2.46. The summed E-state index contributed by atoms with van der Waals surface area (Å²) in [5.74, 6) is 1.61. The molecule has 0 saturated heterocycles. The van der Waals surface area contributed by atoms with Crippen molar-refractivity contribution in [1.29, 1.82) is 0 Å². The van der Waals surface area contributed by atoms with Crippen LogP contribution in [-0.2, 0) is 6.61 Å². The maximum absolute atomic E-state index is 11.3. The second-order valence-corrected chi connectivity index (χ2v) is 5.70. The molecular formula is C17H17BrO3. The van der Waals surface area contributed by atoms with E-state index in [1.54, 1.807) is 20.1 Å². The molecule has 4 heteroatoms. The predicted molar refractivity (Wildman–Crippen MR) is 86.2 cm³/mol. The Labute approximate surface area is 133 Å². The van der Waals surface area contributed by atoms with Crippen LogP contribution in [0, 0.1) is 6.92 Å². The highest BCUT2D eigenvalue weighted by atomic mass is 79.9. The highest BCUT2D eigenvalue weighted by Gasteiger charge is 2.08. The fraction of sp³-hybridized carbons (Fsp3) is 0.235. The van der Waals surface area contributed by atoms with E-state index in [0.717, 1.165) is 27.1 Å². The van der Waals surface area contributed by atoms with Crippen molar-refractivity contribution < 1.29 is 14.3 Å². The van der Waals surface area contributed by atoms with Gasteiger partial charge in [-0.25, -0.2) is 0 Å². The van der Waals surface area contributed by atoms with Gasteiger partial charge in [0.15, 0.2) is 5.78 Å². The molecule has 110 valence electrons. The molecule has 0 amide bonds. The van der Waals surface area contributed by atoms with Crippen LogP contribution in [0.4, 0.5) is 0 Å². The first kappa shape index (κ1) is 15.6. The third-order valence-corrected chi connectivity index (χ3v) is 3.70. The number of hydrogen-bond acceptors (Lipinski definition) is 3. The van der Waals surface area contributed by atoms with E-state index in [2.05, 4.69) is 15.9 Å². The van der Waals surface area contributed by atoms with Crippen molar-refractivity contribution in [2.24, 2.45) is 0 Å². The van der Waals surface area contributed by atoms with Crippen LogP contribution >= 0.6 is 15.9 Å². The van der Waals surface area contributed by atoms with Gasteiger partial charge in [0.1, 0.15) is 18.1 Å². The summed E-state index contributed by atoms with van der Waals surface area (Å²) < 4.78 is 12.1. The number of aryl methyl sites for hydroxylation is 1. The second kappa shape index (κ2) is 6.76. The van der Waals surface area contributed by atoms with Crippen LogP contribution in [0.25, 0.3) is 0 Å². The number of halogens is 1. The van der Waals surface area contributed by atoms with Crippen LogP contribution in [0.15, 0.2) is 40.9 Å². The van der Waals surface area contributed by atoms with E-state index in [9.17, 15) is 4.79 Å². The standard InChI is InChI=1S/C17H17BrO3/c1-11-8-13(12(2)19)4-6-16(11)21-10-14-9-15(18)5-7-17(14)20-3/h4-9H,10H2,1-3H3. The van der Waals surface area contributed by atoms with Crippen molar-refractivity contribution in [3.8, 4) is 11.5 Å². The normalized spacial score (nSPS) is 10.3. The molecule has 0 heterocycles. The first-order valence-corrected chi connectivity index (χ1v) is 7.37. The third kappa shape index (κ3) is 3.85. The summed E-state index contributed by atoms with van der Waals surface area (Å²) in [5, 5.41) is 0. The summed E-state index contributed by atoms with van der Waals surface area (Å²) >= 11 is 3.44. The molecule has 3 nitrogen and oxygen atoms in total. The van der Waals surface area contributed by atoms with Crippen LogP contribution in [-0.4, -0.2) is 12.9 Å². The molecule has 0 spiro atoms. The molecule has 2 rings (SSSR count). The van der Waals surface area contributed by atoms with Crippen LogP contribution in [0.2, 0.25) is 0 Å². The largest absolute Gasteiger partial charge is 0.496 e. The van der Waals surface area contributed by atoms with Gasteiger partial charge in [-0.15, -0.1) is 0 Å². The van der Waals surface area contributed by atoms with E-state index in [1.807, 2.05) is 37.3 Å². The number of ether oxygens (including phenoxy) is 2. The Hall–Kier alpha value is -1.81. The summed E-state index contributed by atoms with van der Waals surface area (Å²) in [6.07, 6.45) is 0. The number of carbonyl (C=O) groups excluding carboxylic acids is 1. The average molecular weight is 349 g/mol. The molecule has 2 aromatic carbocycles. The minimum absolute atomic E-state index is 0.0540. The Bertz CT molecular complexity index is 665. The van der Waals surface area contributed by atoms with E-state index in [1.165, 1.54) is 0 Å². The van der Waals surface area contributed by atoms with Gasteiger partial charge >= 0.3 is 0 Å². The Balaban J connectivity index is 2.17. The molecular weight excluding hydrogens is 332 g/mol. The summed E-state index contributed by atoms with van der Waals surface area (Å²) in [5.41, 5.74) is 2.60. The van der Waals surface area contributed by atoms with Crippen molar-refractivity contribution in [2.45, 2.75) is 20.5 Å². The van der Waals surface area contributed by atoms with Crippen molar-refractivity contribution >= 4 is 21.7 Å². The van der Waals surface area contributed by atoms with E-state index < -0.39 is 0 Å². The van der Waals surface area contributed by atoms with Gasteiger partial charge < -0.3 is 9.47 Å². The van der Waals surface area contributed by atoms with Crippen LogP contribution in [0.5, 0.6) is 11.5 Å². The molecule has 0 aromatic heterocycles. The molecule has 0 aliphatic carbocycles. The molecule has 0 atom stereocenters. The van der Waals surface area contributed by atoms with Gasteiger partial charge in [-0.05, 0) is 55.8 Å². The predicted octanol–water partition coefficient (Wildman–Crippen LogP) is 4.55. The summed E-state index contributed by atoms with van der Waals surface area (Å²) in [4.78, 5) is 11.3. The zero-order chi connectivity index (χ0) is 15.4. The number of Topliss-reactive ketones (excluding diaryl/α,β-unsaturated/α-hetero) is 1. The minimum Gasteiger partial charge on any atom is -0.496 e. The summed E-state index contributed by atoms with van der Waals surface area (Å²) in [7, 11) is 1.64. The molecule has 0 saturated carbocycles. The van der Waals surface area contributed by atoms with Gasteiger partial charge in [-0.1, -0.05) is 15.9 Å². The molecule has 0 aliphatic rings. The molecule has 21 heavy (non-hydrogen) atoms. The lowest BCUT2D eigenvalue weighted by Gasteiger charge is -2.13. The Morgan fingerprint density at radius 1 is 1.14 bits per heavy atom.